The fourth-order valence-electron chi connectivity index (χ4n) is 2.56. The molecule has 1 aromatic heterocycles. The van der Waals surface area contributed by atoms with Gasteiger partial charge in [0.05, 0.1) is 11.7 Å². The molecule has 1 fully saturated rings. The first-order chi connectivity index (χ1) is 10.2. The molecule has 0 amide bonds. The SMILES string of the molecule is Cc1c(-c2ccccc2)nc(C2CSCCN2C)[nH]c1=O. The predicted molar refractivity (Wildman–Crippen MR) is 87.7 cm³/mol. The van der Waals surface area contributed by atoms with Crippen molar-refractivity contribution in [1.82, 2.24) is 14.9 Å². The van der Waals surface area contributed by atoms with Crippen LogP contribution in [0, 0.1) is 6.92 Å². The molecule has 0 bridgehead atoms. The Morgan fingerprint density at radius 3 is 2.81 bits per heavy atom. The van der Waals surface area contributed by atoms with E-state index in [9.17, 15) is 4.79 Å². The number of aromatic amines is 1. The van der Waals surface area contributed by atoms with Crippen molar-refractivity contribution in [2.24, 2.45) is 0 Å². The van der Waals surface area contributed by atoms with E-state index in [-0.39, 0.29) is 11.6 Å². The third-order valence-electron chi connectivity index (χ3n) is 3.93. The molecule has 110 valence electrons. The molecule has 1 N–H and O–H groups in total. The molecule has 2 heterocycles. The Morgan fingerprint density at radius 1 is 1.33 bits per heavy atom. The fourth-order valence-corrected chi connectivity index (χ4v) is 3.78. The van der Waals surface area contributed by atoms with Crippen LogP contribution in [0.15, 0.2) is 35.1 Å². The molecule has 21 heavy (non-hydrogen) atoms. The van der Waals surface area contributed by atoms with E-state index in [1.807, 2.05) is 49.0 Å². The lowest BCUT2D eigenvalue weighted by Crippen LogP contribution is -2.35. The van der Waals surface area contributed by atoms with Crippen LogP contribution in [0.5, 0.6) is 0 Å². The Hall–Kier alpha value is -1.59. The Balaban J connectivity index is 2.08. The Labute approximate surface area is 128 Å². The van der Waals surface area contributed by atoms with Crippen LogP contribution < -0.4 is 5.56 Å². The maximum Gasteiger partial charge on any atom is 0.254 e. The monoisotopic (exact) mass is 301 g/mol. The average Bonchev–Trinajstić information content (AvgIpc) is 2.51. The van der Waals surface area contributed by atoms with E-state index < -0.39 is 0 Å². The minimum absolute atomic E-state index is 0.0390. The van der Waals surface area contributed by atoms with Crippen molar-refractivity contribution in [3.8, 4) is 11.3 Å². The van der Waals surface area contributed by atoms with Gasteiger partial charge in [-0.25, -0.2) is 4.98 Å². The van der Waals surface area contributed by atoms with Crippen LogP contribution in [0.3, 0.4) is 0 Å². The third-order valence-corrected chi connectivity index (χ3v) is 4.95. The second-order valence-electron chi connectivity index (χ2n) is 5.36. The molecule has 1 atom stereocenters. The molecule has 0 saturated carbocycles. The summed E-state index contributed by atoms with van der Waals surface area (Å²) >= 11 is 1.91. The lowest BCUT2D eigenvalue weighted by Gasteiger charge is -2.31. The first-order valence-corrected chi connectivity index (χ1v) is 8.26. The van der Waals surface area contributed by atoms with Gasteiger partial charge in [0.2, 0.25) is 0 Å². The number of aromatic nitrogens is 2. The van der Waals surface area contributed by atoms with Gasteiger partial charge in [-0.05, 0) is 14.0 Å². The highest BCUT2D eigenvalue weighted by atomic mass is 32.2. The number of rotatable bonds is 2. The van der Waals surface area contributed by atoms with Gasteiger partial charge in [-0.15, -0.1) is 0 Å². The summed E-state index contributed by atoms with van der Waals surface area (Å²) in [5.74, 6) is 2.88. The number of H-pyrrole nitrogens is 1. The summed E-state index contributed by atoms with van der Waals surface area (Å²) < 4.78 is 0. The number of benzene rings is 1. The van der Waals surface area contributed by atoms with Crippen molar-refractivity contribution in [2.45, 2.75) is 13.0 Å². The van der Waals surface area contributed by atoms with Gasteiger partial charge in [0.25, 0.3) is 5.56 Å². The molecular weight excluding hydrogens is 282 g/mol. The average molecular weight is 301 g/mol. The van der Waals surface area contributed by atoms with Gasteiger partial charge < -0.3 is 4.98 Å². The van der Waals surface area contributed by atoms with Gasteiger partial charge in [-0.3, -0.25) is 9.69 Å². The second kappa shape index (κ2) is 6.03. The van der Waals surface area contributed by atoms with Crippen molar-refractivity contribution < 1.29 is 0 Å². The standard InChI is InChI=1S/C16H19N3OS/c1-11-14(12-6-4-3-5-7-12)17-15(18-16(11)20)13-10-21-9-8-19(13)2/h3-7,13H,8-10H2,1-2H3,(H,17,18,20). The summed E-state index contributed by atoms with van der Waals surface area (Å²) in [7, 11) is 2.09. The molecule has 3 rings (SSSR count). The maximum absolute atomic E-state index is 12.3. The molecule has 5 heteroatoms. The van der Waals surface area contributed by atoms with Gasteiger partial charge in [0, 0.05) is 29.2 Å². The first-order valence-electron chi connectivity index (χ1n) is 7.11. The summed E-state index contributed by atoms with van der Waals surface area (Å²) in [5, 5.41) is 0. The van der Waals surface area contributed by atoms with Crippen LogP contribution in [0.25, 0.3) is 11.3 Å². The molecule has 1 aliphatic heterocycles. The van der Waals surface area contributed by atoms with Gasteiger partial charge in [0.1, 0.15) is 5.82 Å². The minimum atomic E-state index is -0.0390. The normalized spacial score (nSPS) is 19.6. The highest BCUT2D eigenvalue weighted by molar-refractivity contribution is 7.99. The summed E-state index contributed by atoms with van der Waals surface area (Å²) in [6.07, 6.45) is 0. The number of hydrogen-bond acceptors (Lipinski definition) is 4. The van der Waals surface area contributed by atoms with Gasteiger partial charge in [0.15, 0.2) is 0 Å². The van der Waals surface area contributed by atoms with Crippen LogP contribution in [0.1, 0.15) is 17.4 Å². The highest BCUT2D eigenvalue weighted by Crippen LogP contribution is 2.27. The smallest absolute Gasteiger partial charge is 0.254 e. The predicted octanol–water partition coefficient (Wildman–Crippen LogP) is 2.47. The molecule has 0 aliphatic carbocycles. The molecular formula is C16H19N3OS. The van der Waals surface area contributed by atoms with E-state index in [2.05, 4.69) is 16.9 Å². The lowest BCUT2D eigenvalue weighted by molar-refractivity contribution is 0.264. The Morgan fingerprint density at radius 2 is 2.10 bits per heavy atom. The number of nitrogens with zero attached hydrogens (tertiary/aromatic N) is 2. The Kier molecular flexibility index (Phi) is 4.12. The van der Waals surface area contributed by atoms with Crippen LogP contribution >= 0.6 is 11.8 Å². The van der Waals surface area contributed by atoms with Crippen LogP contribution in [0.2, 0.25) is 0 Å². The summed E-state index contributed by atoms with van der Waals surface area (Å²) in [6, 6.07) is 10.1. The van der Waals surface area contributed by atoms with Crippen LogP contribution in [-0.4, -0.2) is 40.0 Å². The van der Waals surface area contributed by atoms with Gasteiger partial charge in [-0.1, -0.05) is 30.3 Å². The summed E-state index contributed by atoms with van der Waals surface area (Å²) in [5.41, 5.74) is 2.42. The van der Waals surface area contributed by atoms with E-state index >= 15 is 0 Å². The number of hydrogen-bond donors (Lipinski definition) is 1. The molecule has 1 aromatic carbocycles. The van der Waals surface area contributed by atoms with Crippen molar-refractivity contribution in [2.75, 3.05) is 25.1 Å². The third kappa shape index (κ3) is 2.89. The van der Waals surface area contributed by atoms with Crippen molar-refractivity contribution in [3.05, 3.63) is 52.1 Å². The second-order valence-corrected chi connectivity index (χ2v) is 6.51. The van der Waals surface area contributed by atoms with E-state index in [4.69, 9.17) is 4.98 Å². The minimum Gasteiger partial charge on any atom is -0.309 e. The quantitative estimate of drug-likeness (QED) is 0.926. The molecule has 1 saturated heterocycles. The Bertz CT molecular complexity index is 684. The molecule has 1 unspecified atom stereocenters. The van der Waals surface area contributed by atoms with Gasteiger partial charge >= 0.3 is 0 Å². The van der Waals surface area contributed by atoms with Crippen LogP contribution in [-0.2, 0) is 0 Å². The topological polar surface area (TPSA) is 49.0 Å². The molecule has 0 spiro atoms. The van der Waals surface area contributed by atoms with E-state index in [0.717, 1.165) is 35.1 Å². The summed E-state index contributed by atoms with van der Waals surface area (Å²) in [4.78, 5) is 22.3. The lowest BCUT2D eigenvalue weighted by atomic mass is 10.1. The van der Waals surface area contributed by atoms with Crippen molar-refractivity contribution >= 4 is 11.8 Å². The fraction of sp³-hybridized carbons (Fsp3) is 0.375. The molecule has 2 aromatic rings. The zero-order valence-electron chi connectivity index (χ0n) is 12.3. The summed E-state index contributed by atoms with van der Waals surface area (Å²) in [6.45, 7) is 2.85. The highest BCUT2D eigenvalue weighted by Gasteiger charge is 2.24. The zero-order chi connectivity index (χ0) is 14.8. The molecule has 4 nitrogen and oxygen atoms in total. The van der Waals surface area contributed by atoms with E-state index in [0.29, 0.717) is 5.56 Å². The first kappa shape index (κ1) is 14.4. The zero-order valence-corrected chi connectivity index (χ0v) is 13.1. The van der Waals surface area contributed by atoms with Crippen molar-refractivity contribution in [1.29, 1.82) is 0 Å². The van der Waals surface area contributed by atoms with Gasteiger partial charge in [-0.2, -0.15) is 11.8 Å². The maximum atomic E-state index is 12.3. The van der Waals surface area contributed by atoms with E-state index in [1.54, 1.807) is 0 Å². The van der Waals surface area contributed by atoms with Crippen LogP contribution in [0.4, 0.5) is 0 Å². The molecule has 1 aliphatic rings. The van der Waals surface area contributed by atoms with E-state index in [1.165, 1.54) is 0 Å². The molecule has 0 radical (unpaired) electrons. The van der Waals surface area contributed by atoms with Crippen molar-refractivity contribution in [3.63, 3.8) is 0 Å². The number of nitrogens with one attached hydrogen (secondary N) is 1. The largest absolute Gasteiger partial charge is 0.309 e. The number of thioether (sulfide) groups is 1.